The summed E-state index contributed by atoms with van der Waals surface area (Å²) in [6.45, 7) is 4.09. The number of phenols is 2. The second kappa shape index (κ2) is 3.46. The number of phenolic OH excluding ortho intramolecular Hbond substituents is 2. The van der Waals surface area contributed by atoms with E-state index in [2.05, 4.69) is 0 Å². The Hall–Kier alpha value is -1.70. The SMILES string of the molecule is CC(C)c1cc2ccc(O)cc2cc1O. The molecule has 0 unspecified atom stereocenters. The standard InChI is InChI=1S/C13H14O2/c1-8(2)12-6-9-3-4-11(14)5-10(9)7-13(12)15/h3-8,14-15H,1-2H3. The van der Waals surface area contributed by atoms with Crippen LogP contribution in [0.2, 0.25) is 0 Å². The van der Waals surface area contributed by atoms with Crippen molar-refractivity contribution in [3.63, 3.8) is 0 Å². The van der Waals surface area contributed by atoms with E-state index in [9.17, 15) is 10.2 Å². The zero-order chi connectivity index (χ0) is 11.0. The number of hydrogen-bond donors (Lipinski definition) is 2. The molecule has 0 aliphatic carbocycles. The van der Waals surface area contributed by atoms with E-state index in [0.29, 0.717) is 11.7 Å². The van der Waals surface area contributed by atoms with Gasteiger partial charge in [0.05, 0.1) is 0 Å². The molecule has 2 heteroatoms. The van der Waals surface area contributed by atoms with Gasteiger partial charge in [0.2, 0.25) is 0 Å². The lowest BCUT2D eigenvalue weighted by Crippen LogP contribution is -1.88. The Bertz CT molecular complexity index is 501. The van der Waals surface area contributed by atoms with Gasteiger partial charge in [-0.2, -0.15) is 0 Å². The molecule has 0 atom stereocenters. The van der Waals surface area contributed by atoms with Gasteiger partial charge in [0.25, 0.3) is 0 Å². The minimum Gasteiger partial charge on any atom is -0.508 e. The maximum atomic E-state index is 9.79. The van der Waals surface area contributed by atoms with E-state index in [0.717, 1.165) is 16.3 Å². The summed E-state index contributed by atoms with van der Waals surface area (Å²) in [4.78, 5) is 0. The van der Waals surface area contributed by atoms with Crippen molar-refractivity contribution >= 4 is 10.8 Å². The number of rotatable bonds is 1. The summed E-state index contributed by atoms with van der Waals surface area (Å²) in [5, 5.41) is 21.0. The van der Waals surface area contributed by atoms with Crippen molar-refractivity contribution in [2.75, 3.05) is 0 Å². The van der Waals surface area contributed by atoms with Gasteiger partial charge in [-0.1, -0.05) is 19.9 Å². The molecule has 2 aromatic rings. The van der Waals surface area contributed by atoms with Gasteiger partial charge < -0.3 is 10.2 Å². The van der Waals surface area contributed by atoms with Crippen LogP contribution in [0.15, 0.2) is 30.3 Å². The number of hydrogen-bond acceptors (Lipinski definition) is 2. The first-order valence-corrected chi connectivity index (χ1v) is 5.03. The molecule has 2 aromatic carbocycles. The van der Waals surface area contributed by atoms with Crippen molar-refractivity contribution in [3.05, 3.63) is 35.9 Å². The maximum Gasteiger partial charge on any atom is 0.119 e. The molecule has 0 aromatic heterocycles. The molecule has 0 amide bonds. The molecule has 0 heterocycles. The minimum absolute atomic E-state index is 0.221. The molecular formula is C13H14O2. The molecule has 0 spiro atoms. The van der Waals surface area contributed by atoms with E-state index in [1.54, 1.807) is 18.2 Å². The first kappa shape index (κ1) is 9.84. The predicted octanol–water partition coefficient (Wildman–Crippen LogP) is 3.37. The fraction of sp³-hybridized carbons (Fsp3) is 0.231. The molecule has 0 saturated heterocycles. The van der Waals surface area contributed by atoms with E-state index in [1.807, 2.05) is 26.0 Å². The second-order valence-electron chi connectivity index (χ2n) is 4.10. The molecule has 78 valence electrons. The van der Waals surface area contributed by atoms with Crippen LogP contribution >= 0.6 is 0 Å². The van der Waals surface area contributed by atoms with Crippen molar-refractivity contribution in [1.82, 2.24) is 0 Å². The lowest BCUT2D eigenvalue weighted by atomic mass is 9.98. The Balaban J connectivity index is 2.71. The molecule has 0 aliphatic heterocycles. The summed E-state index contributed by atoms with van der Waals surface area (Å²) in [7, 11) is 0. The van der Waals surface area contributed by atoms with Gasteiger partial charge >= 0.3 is 0 Å². The molecule has 2 nitrogen and oxygen atoms in total. The van der Waals surface area contributed by atoms with Crippen LogP contribution in [0.5, 0.6) is 11.5 Å². The number of aromatic hydroxyl groups is 2. The second-order valence-corrected chi connectivity index (χ2v) is 4.10. The van der Waals surface area contributed by atoms with Gasteiger partial charge in [-0.25, -0.2) is 0 Å². The van der Waals surface area contributed by atoms with Crippen molar-refractivity contribution in [2.45, 2.75) is 19.8 Å². The number of fused-ring (bicyclic) bond motifs is 1. The van der Waals surface area contributed by atoms with Gasteiger partial charge in [0, 0.05) is 0 Å². The molecule has 15 heavy (non-hydrogen) atoms. The van der Waals surface area contributed by atoms with E-state index < -0.39 is 0 Å². The largest absolute Gasteiger partial charge is 0.508 e. The van der Waals surface area contributed by atoms with Gasteiger partial charge in [-0.15, -0.1) is 0 Å². The van der Waals surface area contributed by atoms with Crippen LogP contribution in [0.4, 0.5) is 0 Å². The third-order valence-corrected chi connectivity index (χ3v) is 2.59. The molecule has 0 radical (unpaired) electrons. The van der Waals surface area contributed by atoms with Gasteiger partial charge in [-0.3, -0.25) is 0 Å². The average Bonchev–Trinajstić information content (AvgIpc) is 2.15. The fourth-order valence-corrected chi connectivity index (χ4v) is 1.75. The third-order valence-electron chi connectivity index (χ3n) is 2.59. The van der Waals surface area contributed by atoms with Gasteiger partial charge in [0.15, 0.2) is 0 Å². The highest BCUT2D eigenvalue weighted by Gasteiger charge is 2.07. The van der Waals surface area contributed by atoms with Gasteiger partial charge in [-0.05, 0) is 46.5 Å². The zero-order valence-electron chi connectivity index (χ0n) is 8.86. The van der Waals surface area contributed by atoms with Crippen molar-refractivity contribution in [3.8, 4) is 11.5 Å². The topological polar surface area (TPSA) is 40.5 Å². The summed E-state index contributed by atoms with van der Waals surface area (Å²) in [6, 6.07) is 8.83. The maximum absolute atomic E-state index is 9.79. The first-order valence-electron chi connectivity index (χ1n) is 5.03. The van der Waals surface area contributed by atoms with Crippen LogP contribution in [0, 0.1) is 0 Å². The summed E-state index contributed by atoms with van der Waals surface area (Å²) in [5.41, 5.74) is 0.938. The van der Waals surface area contributed by atoms with Gasteiger partial charge in [0.1, 0.15) is 11.5 Å². The first-order chi connectivity index (χ1) is 7.08. The van der Waals surface area contributed by atoms with Crippen LogP contribution in [0.1, 0.15) is 25.3 Å². The quantitative estimate of drug-likeness (QED) is 0.744. The average molecular weight is 202 g/mol. The molecular weight excluding hydrogens is 188 g/mol. The van der Waals surface area contributed by atoms with Crippen LogP contribution in [-0.2, 0) is 0 Å². The summed E-state index contributed by atoms with van der Waals surface area (Å²) >= 11 is 0. The van der Waals surface area contributed by atoms with Crippen molar-refractivity contribution in [1.29, 1.82) is 0 Å². The third kappa shape index (κ3) is 1.75. The Labute approximate surface area is 88.8 Å². The lowest BCUT2D eigenvalue weighted by Gasteiger charge is -2.10. The summed E-state index contributed by atoms with van der Waals surface area (Å²) in [6.07, 6.45) is 0. The van der Waals surface area contributed by atoms with Crippen molar-refractivity contribution < 1.29 is 10.2 Å². The zero-order valence-corrected chi connectivity index (χ0v) is 8.86. The number of benzene rings is 2. The lowest BCUT2D eigenvalue weighted by molar-refractivity contribution is 0.465. The highest BCUT2D eigenvalue weighted by atomic mass is 16.3. The highest BCUT2D eigenvalue weighted by Crippen LogP contribution is 2.31. The molecule has 0 fully saturated rings. The van der Waals surface area contributed by atoms with Crippen LogP contribution < -0.4 is 0 Å². The van der Waals surface area contributed by atoms with E-state index >= 15 is 0 Å². The molecule has 0 bridgehead atoms. The molecule has 2 rings (SSSR count). The summed E-state index contributed by atoms with van der Waals surface area (Å²) in [5.74, 6) is 0.811. The van der Waals surface area contributed by atoms with Crippen molar-refractivity contribution in [2.24, 2.45) is 0 Å². The Kier molecular flexibility index (Phi) is 2.27. The van der Waals surface area contributed by atoms with Crippen LogP contribution in [0.25, 0.3) is 10.8 Å². The van der Waals surface area contributed by atoms with Crippen LogP contribution in [0.3, 0.4) is 0 Å². The fourth-order valence-electron chi connectivity index (χ4n) is 1.75. The highest BCUT2D eigenvalue weighted by molar-refractivity contribution is 5.86. The summed E-state index contributed by atoms with van der Waals surface area (Å²) < 4.78 is 0. The molecule has 0 aliphatic rings. The Morgan fingerprint density at radius 2 is 1.67 bits per heavy atom. The predicted molar refractivity (Wildman–Crippen MR) is 61.4 cm³/mol. The Morgan fingerprint density at radius 3 is 2.33 bits per heavy atom. The van der Waals surface area contributed by atoms with E-state index in [4.69, 9.17) is 0 Å². The Morgan fingerprint density at radius 1 is 0.933 bits per heavy atom. The molecule has 0 saturated carbocycles. The monoisotopic (exact) mass is 202 g/mol. The van der Waals surface area contributed by atoms with Crippen LogP contribution in [-0.4, -0.2) is 10.2 Å². The van der Waals surface area contributed by atoms with E-state index in [-0.39, 0.29) is 5.75 Å². The van der Waals surface area contributed by atoms with E-state index in [1.165, 1.54) is 0 Å². The smallest absolute Gasteiger partial charge is 0.119 e. The minimum atomic E-state index is 0.221. The normalized spacial score (nSPS) is 11.1. The molecule has 2 N–H and O–H groups in total.